The highest BCUT2D eigenvalue weighted by atomic mass is 32.3. The van der Waals surface area contributed by atoms with Gasteiger partial charge in [-0.3, -0.25) is 13.9 Å². The first-order chi connectivity index (χ1) is 14.5. The molecule has 1 aliphatic heterocycles. The molecule has 2 aromatic heterocycles. The fourth-order valence-corrected chi connectivity index (χ4v) is 4.92. The minimum Gasteiger partial charge on any atom is -0.326 e. The van der Waals surface area contributed by atoms with Gasteiger partial charge in [-0.1, -0.05) is 42.5 Å². The number of pyridine rings is 1. The Morgan fingerprint density at radius 2 is 1.83 bits per heavy atom. The standard InChI is InChI=1S/C23H19N3O3S/c27-22(24-18-10-9-16-11-13-30(28,29)20(16)14-18)15-19-23(17-6-2-1-3-7-17)25-21-8-4-5-12-26(19)21/h1-14,28-29H,15H2,(H,24,27). The van der Waals surface area contributed by atoms with Crippen LogP contribution in [-0.4, -0.2) is 24.4 Å². The van der Waals surface area contributed by atoms with E-state index in [1.54, 1.807) is 24.3 Å². The Morgan fingerprint density at radius 1 is 1.03 bits per heavy atom. The number of rotatable bonds is 4. The monoisotopic (exact) mass is 417 g/mol. The molecule has 0 spiro atoms. The zero-order chi connectivity index (χ0) is 20.7. The number of nitrogens with one attached hydrogen (secondary N) is 1. The fraction of sp³-hybridized carbons (Fsp3) is 0.0435. The third kappa shape index (κ3) is 3.29. The van der Waals surface area contributed by atoms with Gasteiger partial charge in [-0.05, 0) is 35.9 Å². The molecule has 0 radical (unpaired) electrons. The number of imidazole rings is 1. The van der Waals surface area contributed by atoms with Crippen LogP contribution in [0, 0.1) is 0 Å². The lowest BCUT2D eigenvalue weighted by Gasteiger charge is -2.25. The number of carbonyl (C=O) groups is 1. The van der Waals surface area contributed by atoms with Crippen LogP contribution in [0.4, 0.5) is 5.69 Å². The van der Waals surface area contributed by atoms with Crippen LogP contribution in [0.3, 0.4) is 0 Å². The molecule has 0 bridgehead atoms. The maximum absolute atomic E-state index is 12.9. The molecule has 7 heteroatoms. The van der Waals surface area contributed by atoms with E-state index in [1.165, 1.54) is 5.41 Å². The lowest BCUT2D eigenvalue weighted by Crippen LogP contribution is -2.16. The maximum Gasteiger partial charge on any atom is 0.230 e. The van der Waals surface area contributed by atoms with E-state index >= 15 is 0 Å². The highest BCUT2D eigenvalue weighted by Crippen LogP contribution is 2.56. The molecule has 3 N–H and O–H groups in total. The Morgan fingerprint density at radius 3 is 2.67 bits per heavy atom. The minimum atomic E-state index is -2.93. The summed E-state index contributed by atoms with van der Waals surface area (Å²) in [6.07, 6.45) is 3.70. The zero-order valence-electron chi connectivity index (χ0n) is 15.9. The average molecular weight is 417 g/mol. The van der Waals surface area contributed by atoms with Crippen molar-refractivity contribution in [3.8, 4) is 11.3 Å². The molecule has 6 nitrogen and oxygen atoms in total. The first kappa shape index (κ1) is 18.6. The number of nitrogens with zero attached hydrogens (tertiary/aromatic N) is 2. The zero-order valence-corrected chi connectivity index (χ0v) is 16.7. The maximum atomic E-state index is 12.9. The number of benzene rings is 2. The average Bonchev–Trinajstić information content (AvgIpc) is 3.26. The quantitative estimate of drug-likeness (QED) is 0.422. The predicted molar refractivity (Wildman–Crippen MR) is 120 cm³/mol. The molecule has 150 valence electrons. The van der Waals surface area contributed by atoms with Gasteiger partial charge in [0.2, 0.25) is 5.91 Å². The molecular weight excluding hydrogens is 398 g/mol. The summed E-state index contributed by atoms with van der Waals surface area (Å²) in [7, 11) is -2.93. The van der Waals surface area contributed by atoms with E-state index in [4.69, 9.17) is 4.98 Å². The molecule has 3 heterocycles. The predicted octanol–water partition coefficient (Wildman–Crippen LogP) is 5.28. The first-order valence-corrected chi connectivity index (χ1v) is 11.0. The number of aromatic nitrogens is 2. The van der Waals surface area contributed by atoms with Gasteiger partial charge in [-0.25, -0.2) is 4.98 Å². The van der Waals surface area contributed by atoms with Crippen molar-refractivity contribution in [1.82, 2.24) is 9.38 Å². The van der Waals surface area contributed by atoms with Crippen molar-refractivity contribution in [2.24, 2.45) is 0 Å². The molecule has 1 amide bonds. The van der Waals surface area contributed by atoms with Gasteiger partial charge in [0.1, 0.15) is 5.65 Å². The van der Waals surface area contributed by atoms with Crippen molar-refractivity contribution < 1.29 is 13.9 Å². The number of amides is 1. The summed E-state index contributed by atoms with van der Waals surface area (Å²) in [6, 6.07) is 20.7. The van der Waals surface area contributed by atoms with Crippen LogP contribution < -0.4 is 5.32 Å². The molecule has 0 aliphatic carbocycles. The van der Waals surface area contributed by atoms with Crippen LogP contribution >= 0.6 is 10.6 Å². The summed E-state index contributed by atoms with van der Waals surface area (Å²) in [5.41, 5.74) is 4.56. The Kier molecular flexibility index (Phi) is 4.43. The van der Waals surface area contributed by atoms with Gasteiger partial charge in [0.05, 0.1) is 22.7 Å². The van der Waals surface area contributed by atoms with Crippen LogP contribution in [-0.2, 0) is 11.2 Å². The summed E-state index contributed by atoms with van der Waals surface area (Å²) in [6.45, 7) is 0. The molecule has 0 atom stereocenters. The van der Waals surface area contributed by atoms with Crippen LogP contribution in [0.25, 0.3) is 23.0 Å². The first-order valence-electron chi connectivity index (χ1n) is 9.43. The molecule has 0 fully saturated rings. The Bertz CT molecular complexity index is 1300. The van der Waals surface area contributed by atoms with Crippen molar-refractivity contribution in [1.29, 1.82) is 0 Å². The van der Waals surface area contributed by atoms with Crippen molar-refractivity contribution in [3.63, 3.8) is 0 Å². The van der Waals surface area contributed by atoms with Gasteiger partial charge in [-0.2, -0.15) is 0 Å². The van der Waals surface area contributed by atoms with E-state index in [2.05, 4.69) is 5.32 Å². The molecule has 30 heavy (non-hydrogen) atoms. The molecule has 4 aromatic rings. The second-order valence-electron chi connectivity index (χ2n) is 7.08. The number of fused-ring (bicyclic) bond motifs is 2. The molecule has 0 unspecified atom stereocenters. The number of hydrogen-bond donors (Lipinski definition) is 3. The van der Waals surface area contributed by atoms with Crippen molar-refractivity contribution in [2.75, 3.05) is 5.32 Å². The molecule has 2 aromatic carbocycles. The van der Waals surface area contributed by atoms with Gasteiger partial charge in [0.25, 0.3) is 0 Å². The Balaban J connectivity index is 1.46. The van der Waals surface area contributed by atoms with Crippen molar-refractivity contribution in [3.05, 3.63) is 89.6 Å². The molecule has 1 aliphatic rings. The highest BCUT2D eigenvalue weighted by Gasteiger charge is 2.22. The number of carbonyl (C=O) groups excluding carboxylic acids is 1. The lowest BCUT2D eigenvalue weighted by atomic mass is 10.1. The molecule has 0 saturated carbocycles. The van der Waals surface area contributed by atoms with Gasteiger partial charge >= 0.3 is 0 Å². The van der Waals surface area contributed by atoms with Crippen LogP contribution in [0.1, 0.15) is 11.3 Å². The van der Waals surface area contributed by atoms with E-state index < -0.39 is 10.6 Å². The lowest BCUT2D eigenvalue weighted by molar-refractivity contribution is -0.115. The normalized spacial score (nSPS) is 15.1. The van der Waals surface area contributed by atoms with E-state index in [0.717, 1.165) is 28.2 Å². The third-order valence-corrected chi connectivity index (χ3v) is 6.58. The summed E-state index contributed by atoms with van der Waals surface area (Å²) < 4.78 is 22.2. The number of hydrogen-bond acceptors (Lipinski definition) is 4. The Hall–Kier alpha value is -3.39. The molecule has 0 saturated heterocycles. The largest absolute Gasteiger partial charge is 0.326 e. The fourth-order valence-electron chi connectivity index (χ4n) is 3.65. The van der Waals surface area contributed by atoms with E-state index in [9.17, 15) is 13.9 Å². The van der Waals surface area contributed by atoms with Crippen molar-refractivity contribution >= 4 is 33.9 Å². The van der Waals surface area contributed by atoms with Gasteiger partial charge in [0, 0.05) is 22.9 Å². The molecule has 5 rings (SSSR count). The van der Waals surface area contributed by atoms with Gasteiger partial charge in [0.15, 0.2) is 0 Å². The Labute approximate surface area is 174 Å². The van der Waals surface area contributed by atoms with Crippen LogP contribution in [0.2, 0.25) is 0 Å². The van der Waals surface area contributed by atoms with E-state index in [-0.39, 0.29) is 12.3 Å². The third-order valence-electron chi connectivity index (χ3n) is 5.06. The second-order valence-corrected chi connectivity index (χ2v) is 8.97. The van der Waals surface area contributed by atoms with Crippen LogP contribution in [0.5, 0.6) is 0 Å². The van der Waals surface area contributed by atoms with Gasteiger partial charge in [-0.15, -0.1) is 10.6 Å². The summed E-state index contributed by atoms with van der Waals surface area (Å²) >= 11 is 0. The van der Waals surface area contributed by atoms with Gasteiger partial charge < -0.3 is 9.72 Å². The highest BCUT2D eigenvalue weighted by molar-refractivity contribution is 8.27. The summed E-state index contributed by atoms with van der Waals surface area (Å²) in [5.74, 6) is -0.208. The van der Waals surface area contributed by atoms with Crippen LogP contribution in [0.15, 0.2) is 83.2 Å². The topological polar surface area (TPSA) is 86.9 Å². The number of anilines is 1. The summed E-state index contributed by atoms with van der Waals surface area (Å²) in [4.78, 5) is 18.0. The van der Waals surface area contributed by atoms with Crippen molar-refractivity contribution in [2.45, 2.75) is 11.3 Å². The SMILES string of the molecule is O=C(Cc1c(-c2ccccc2)nc2ccccn12)Nc1ccc2c(c1)S(O)(O)C=C2. The second kappa shape index (κ2) is 7.14. The van der Waals surface area contributed by atoms with E-state index in [0.29, 0.717) is 10.6 Å². The smallest absolute Gasteiger partial charge is 0.230 e. The van der Waals surface area contributed by atoms with E-state index in [1.807, 2.05) is 59.1 Å². The summed E-state index contributed by atoms with van der Waals surface area (Å²) in [5, 5.41) is 4.27. The minimum absolute atomic E-state index is 0.126. The molecular formula is C23H19N3O3S.